The number of hydrogen-bond acceptors (Lipinski definition) is 4. The number of nitrogens with one attached hydrogen (secondary N) is 2. The van der Waals surface area contributed by atoms with Crippen LogP contribution in [0.1, 0.15) is 23.7 Å². The van der Waals surface area contributed by atoms with Crippen LogP contribution >= 0.6 is 0 Å². The number of ether oxygens (including phenoxy) is 2. The summed E-state index contributed by atoms with van der Waals surface area (Å²) in [6.45, 7) is 2.51. The molecular weight excluding hydrogens is 260 g/mol. The second-order valence-corrected chi connectivity index (χ2v) is 4.10. The van der Waals surface area contributed by atoms with E-state index >= 15 is 0 Å². The van der Waals surface area contributed by atoms with E-state index in [4.69, 9.17) is 9.47 Å². The monoisotopic (exact) mass is 280 g/mol. The second-order valence-electron chi connectivity index (χ2n) is 4.10. The Labute approximate surface area is 118 Å². The van der Waals surface area contributed by atoms with Crippen LogP contribution in [0.15, 0.2) is 18.2 Å². The third-order valence-corrected chi connectivity index (χ3v) is 2.63. The number of methoxy groups -OCH3 is 2. The fraction of sp³-hybridized carbons (Fsp3) is 0.429. The summed E-state index contributed by atoms with van der Waals surface area (Å²) < 4.78 is 10.2. The Morgan fingerprint density at radius 2 is 1.80 bits per heavy atom. The smallest absolute Gasteiger partial charge is 0.251 e. The minimum atomic E-state index is -0.336. The number of amides is 2. The van der Waals surface area contributed by atoms with E-state index in [9.17, 15) is 9.59 Å². The average molecular weight is 280 g/mol. The van der Waals surface area contributed by atoms with Gasteiger partial charge in [-0.15, -0.1) is 0 Å². The minimum absolute atomic E-state index is 0.0484. The van der Waals surface area contributed by atoms with Crippen LogP contribution in [0, 0.1) is 0 Å². The Morgan fingerprint density at radius 1 is 1.10 bits per heavy atom. The molecule has 0 fully saturated rings. The molecule has 20 heavy (non-hydrogen) atoms. The quantitative estimate of drug-likeness (QED) is 0.780. The normalized spacial score (nSPS) is 9.75. The van der Waals surface area contributed by atoms with Crippen molar-refractivity contribution in [2.45, 2.75) is 13.3 Å². The van der Waals surface area contributed by atoms with Crippen molar-refractivity contribution in [3.8, 4) is 11.5 Å². The van der Waals surface area contributed by atoms with E-state index in [1.807, 2.05) is 6.92 Å². The van der Waals surface area contributed by atoms with Crippen molar-refractivity contribution in [1.29, 1.82) is 0 Å². The van der Waals surface area contributed by atoms with Gasteiger partial charge < -0.3 is 20.1 Å². The van der Waals surface area contributed by atoms with Crippen LogP contribution in [-0.2, 0) is 4.79 Å². The third-order valence-electron chi connectivity index (χ3n) is 2.63. The molecule has 0 aromatic heterocycles. The molecule has 1 rings (SSSR count). The zero-order chi connectivity index (χ0) is 15.0. The van der Waals surface area contributed by atoms with E-state index in [1.54, 1.807) is 18.2 Å². The first kappa shape index (κ1) is 15.8. The lowest BCUT2D eigenvalue weighted by atomic mass is 10.2. The fourth-order valence-corrected chi connectivity index (χ4v) is 1.57. The van der Waals surface area contributed by atoms with E-state index in [0.717, 1.165) is 6.42 Å². The summed E-state index contributed by atoms with van der Waals surface area (Å²) in [5.41, 5.74) is 0.408. The van der Waals surface area contributed by atoms with Gasteiger partial charge in [0.15, 0.2) is 11.5 Å². The molecule has 2 amide bonds. The molecule has 0 spiro atoms. The standard InChI is InChI=1S/C14H20N2O4/c1-4-7-15-13(17)9-16-14(18)10-5-6-11(19-2)12(8-10)20-3/h5-6,8H,4,7,9H2,1-3H3,(H,15,17)(H,16,18). The van der Waals surface area contributed by atoms with Crippen molar-refractivity contribution in [3.05, 3.63) is 23.8 Å². The first-order chi connectivity index (χ1) is 9.62. The third kappa shape index (κ3) is 4.46. The summed E-state index contributed by atoms with van der Waals surface area (Å²) in [4.78, 5) is 23.3. The number of carbonyl (C=O) groups excluding carboxylic acids is 2. The maximum Gasteiger partial charge on any atom is 0.251 e. The highest BCUT2D eigenvalue weighted by molar-refractivity contribution is 5.97. The van der Waals surface area contributed by atoms with Crippen molar-refractivity contribution in [1.82, 2.24) is 10.6 Å². The lowest BCUT2D eigenvalue weighted by molar-refractivity contribution is -0.120. The van der Waals surface area contributed by atoms with Gasteiger partial charge in [0, 0.05) is 12.1 Å². The van der Waals surface area contributed by atoms with Gasteiger partial charge in [-0.3, -0.25) is 9.59 Å². The highest BCUT2D eigenvalue weighted by Gasteiger charge is 2.11. The molecule has 0 radical (unpaired) electrons. The van der Waals surface area contributed by atoms with Crippen LogP contribution in [0.4, 0.5) is 0 Å². The van der Waals surface area contributed by atoms with Gasteiger partial charge >= 0.3 is 0 Å². The van der Waals surface area contributed by atoms with Crippen molar-refractivity contribution < 1.29 is 19.1 Å². The molecule has 0 aliphatic rings. The molecular formula is C14H20N2O4. The Kier molecular flexibility index (Phi) is 6.36. The zero-order valence-corrected chi connectivity index (χ0v) is 12.0. The Morgan fingerprint density at radius 3 is 2.40 bits per heavy atom. The molecule has 1 aromatic carbocycles. The van der Waals surface area contributed by atoms with E-state index in [-0.39, 0.29) is 18.4 Å². The number of benzene rings is 1. The SMILES string of the molecule is CCCNC(=O)CNC(=O)c1ccc(OC)c(OC)c1. The van der Waals surface area contributed by atoms with Gasteiger partial charge in [0.2, 0.25) is 5.91 Å². The Hall–Kier alpha value is -2.24. The minimum Gasteiger partial charge on any atom is -0.493 e. The van der Waals surface area contributed by atoms with Gasteiger partial charge in [-0.25, -0.2) is 0 Å². The number of rotatable bonds is 7. The molecule has 0 saturated carbocycles. The van der Waals surface area contributed by atoms with E-state index in [2.05, 4.69) is 10.6 Å². The maximum absolute atomic E-state index is 11.9. The number of hydrogen-bond donors (Lipinski definition) is 2. The fourth-order valence-electron chi connectivity index (χ4n) is 1.57. The Balaban J connectivity index is 2.61. The number of carbonyl (C=O) groups is 2. The van der Waals surface area contributed by atoms with E-state index < -0.39 is 0 Å². The first-order valence-electron chi connectivity index (χ1n) is 6.39. The molecule has 1 aromatic rings. The van der Waals surface area contributed by atoms with Crippen LogP contribution in [0.5, 0.6) is 11.5 Å². The van der Waals surface area contributed by atoms with Crippen LogP contribution in [0.3, 0.4) is 0 Å². The molecule has 6 nitrogen and oxygen atoms in total. The zero-order valence-electron chi connectivity index (χ0n) is 12.0. The van der Waals surface area contributed by atoms with Gasteiger partial charge in [0.25, 0.3) is 5.91 Å². The summed E-state index contributed by atoms with van der Waals surface area (Å²) in [6.07, 6.45) is 0.857. The van der Waals surface area contributed by atoms with Crippen molar-refractivity contribution in [2.24, 2.45) is 0 Å². The molecule has 110 valence electrons. The lowest BCUT2D eigenvalue weighted by Crippen LogP contribution is -2.37. The van der Waals surface area contributed by atoms with Gasteiger partial charge in [-0.2, -0.15) is 0 Å². The summed E-state index contributed by atoms with van der Waals surface area (Å²) in [7, 11) is 3.02. The molecule has 0 unspecified atom stereocenters. The molecule has 0 atom stereocenters. The van der Waals surface area contributed by atoms with Gasteiger partial charge in [-0.1, -0.05) is 6.92 Å². The molecule has 0 aliphatic heterocycles. The molecule has 0 aliphatic carbocycles. The molecule has 2 N–H and O–H groups in total. The maximum atomic E-state index is 11.9. The van der Waals surface area contributed by atoms with Crippen LogP contribution in [0.25, 0.3) is 0 Å². The van der Waals surface area contributed by atoms with Gasteiger partial charge in [0.05, 0.1) is 20.8 Å². The Bertz CT molecular complexity index is 474. The van der Waals surface area contributed by atoms with Crippen LogP contribution < -0.4 is 20.1 Å². The van der Waals surface area contributed by atoms with Crippen LogP contribution in [0.2, 0.25) is 0 Å². The average Bonchev–Trinajstić information content (AvgIpc) is 2.49. The summed E-state index contributed by atoms with van der Waals surface area (Å²) in [5, 5.41) is 5.23. The van der Waals surface area contributed by atoms with Crippen LogP contribution in [-0.4, -0.2) is 39.1 Å². The predicted octanol–water partition coefficient (Wildman–Crippen LogP) is 0.960. The topological polar surface area (TPSA) is 76.7 Å². The summed E-state index contributed by atoms with van der Waals surface area (Å²) >= 11 is 0. The van der Waals surface area contributed by atoms with Crippen molar-refractivity contribution in [2.75, 3.05) is 27.3 Å². The molecule has 0 saturated heterocycles. The highest BCUT2D eigenvalue weighted by atomic mass is 16.5. The summed E-state index contributed by atoms with van der Waals surface area (Å²) in [5.74, 6) is 0.471. The molecule has 0 bridgehead atoms. The van der Waals surface area contributed by atoms with E-state index in [0.29, 0.717) is 23.6 Å². The van der Waals surface area contributed by atoms with Crippen molar-refractivity contribution in [3.63, 3.8) is 0 Å². The second kappa shape index (κ2) is 8.04. The van der Waals surface area contributed by atoms with Gasteiger partial charge in [-0.05, 0) is 24.6 Å². The molecule has 6 heteroatoms. The van der Waals surface area contributed by atoms with Crippen molar-refractivity contribution >= 4 is 11.8 Å². The lowest BCUT2D eigenvalue weighted by Gasteiger charge is -2.10. The van der Waals surface area contributed by atoms with E-state index in [1.165, 1.54) is 14.2 Å². The van der Waals surface area contributed by atoms with Gasteiger partial charge in [0.1, 0.15) is 0 Å². The largest absolute Gasteiger partial charge is 0.493 e. The summed E-state index contributed by atoms with van der Waals surface area (Å²) in [6, 6.07) is 4.82. The first-order valence-corrected chi connectivity index (χ1v) is 6.39. The predicted molar refractivity (Wildman–Crippen MR) is 75.2 cm³/mol. The molecule has 0 heterocycles. The highest BCUT2D eigenvalue weighted by Crippen LogP contribution is 2.27.